The second-order valence-corrected chi connectivity index (χ2v) is 6.55. The van der Waals surface area contributed by atoms with Crippen LogP contribution >= 0.6 is 0 Å². The predicted octanol–water partition coefficient (Wildman–Crippen LogP) is 2.70. The molecule has 94 valence electrons. The van der Waals surface area contributed by atoms with E-state index in [9.17, 15) is 0 Å². The van der Waals surface area contributed by atoms with E-state index in [-0.39, 0.29) is 5.54 Å². The summed E-state index contributed by atoms with van der Waals surface area (Å²) in [5.41, 5.74) is 6.50. The molecule has 0 atom stereocenters. The third-order valence-corrected chi connectivity index (χ3v) is 4.31. The summed E-state index contributed by atoms with van der Waals surface area (Å²) in [6.45, 7) is 4.61. The van der Waals surface area contributed by atoms with Gasteiger partial charge in [0, 0.05) is 5.92 Å². The molecule has 0 unspecified atom stereocenters. The van der Waals surface area contributed by atoms with Crippen LogP contribution in [0.15, 0.2) is 4.52 Å². The molecule has 4 heteroatoms. The third-order valence-electron chi connectivity index (χ3n) is 4.31. The van der Waals surface area contributed by atoms with Gasteiger partial charge in [0.15, 0.2) is 5.82 Å². The molecule has 0 radical (unpaired) electrons. The van der Waals surface area contributed by atoms with Crippen LogP contribution in [0.1, 0.15) is 70.0 Å². The van der Waals surface area contributed by atoms with Crippen LogP contribution in [0.3, 0.4) is 0 Å². The molecule has 0 saturated heterocycles. The summed E-state index contributed by atoms with van der Waals surface area (Å²) in [6, 6.07) is 0. The van der Waals surface area contributed by atoms with Gasteiger partial charge in [-0.25, -0.2) is 0 Å². The minimum absolute atomic E-state index is 0.355. The summed E-state index contributed by atoms with van der Waals surface area (Å²) in [6.07, 6.45) is 6.57. The molecule has 1 aromatic rings. The summed E-state index contributed by atoms with van der Waals surface area (Å²) in [5, 5.41) is 4.11. The van der Waals surface area contributed by atoms with Gasteiger partial charge in [-0.3, -0.25) is 0 Å². The summed E-state index contributed by atoms with van der Waals surface area (Å²) in [5.74, 6) is 2.05. The van der Waals surface area contributed by atoms with Crippen molar-refractivity contribution in [3.63, 3.8) is 0 Å². The first-order chi connectivity index (χ1) is 7.99. The lowest BCUT2D eigenvalue weighted by atomic mass is 9.69. The fourth-order valence-corrected chi connectivity index (χ4v) is 2.53. The van der Waals surface area contributed by atoms with Gasteiger partial charge in [0.2, 0.25) is 5.89 Å². The smallest absolute Gasteiger partial charge is 0.229 e. The highest BCUT2D eigenvalue weighted by molar-refractivity contribution is 5.10. The summed E-state index contributed by atoms with van der Waals surface area (Å²) in [7, 11) is 0. The van der Waals surface area contributed by atoms with Gasteiger partial charge in [0.05, 0.1) is 5.54 Å². The van der Waals surface area contributed by atoms with Crippen molar-refractivity contribution in [2.45, 2.75) is 63.8 Å². The zero-order chi connectivity index (χ0) is 12.1. The van der Waals surface area contributed by atoms with E-state index in [1.54, 1.807) is 0 Å². The van der Waals surface area contributed by atoms with E-state index in [1.807, 2.05) is 0 Å². The SMILES string of the molecule is CC1(C)CCC(N)(c2noc(C3CC3)n2)CC1. The van der Waals surface area contributed by atoms with Crippen molar-refractivity contribution in [2.24, 2.45) is 11.1 Å². The maximum Gasteiger partial charge on any atom is 0.229 e. The van der Waals surface area contributed by atoms with Crippen LogP contribution in [-0.4, -0.2) is 10.1 Å². The Hall–Kier alpha value is -0.900. The molecule has 0 aromatic carbocycles. The van der Waals surface area contributed by atoms with Gasteiger partial charge in [-0.2, -0.15) is 4.98 Å². The lowest BCUT2D eigenvalue weighted by molar-refractivity contribution is 0.156. The van der Waals surface area contributed by atoms with Crippen LogP contribution in [-0.2, 0) is 5.54 Å². The maximum atomic E-state index is 6.45. The van der Waals surface area contributed by atoms with Crippen molar-refractivity contribution in [1.82, 2.24) is 10.1 Å². The summed E-state index contributed by atoms with van der Waals surface area (Å²) in [4.78, 5) is 4.51. The van der Waals surface area contributed by atoms with E-state index in [0.717, 1.165) is 37.4 Å². The predicted molar refractivity (Wildman–Crippen MR) is 64.4 cm³/mol. The average molecular weight is 235 g/mol. The first-order valence-corrected chi connectivity index (χ1v) is 6.62. The van der Waals surface area contributed by atoms with Crippen LogP contribution in [0.2, 0.25) is 0 Å². The molecule has 4 nitrogen and oxygen atoms in total. The fourth-order valence-electron chi connectivity index (χ4n) is 2.53. The van der Waals surface area contributed by atoms with Crippen molar-refractivity contribution in [3.8, 4) is 0 Å². The molecule has 0 bridgehead atoms. The van der Waals surface area contributed by atoms with E-state index in [1.165, 1.54) is 12.8 Å². The monoisotopic (exact) mass is 235 g/mol. The van der Waals surface area contributed by atoms with E-state index >= 15 is 0 Å². The minimum atomic E-state index is -0.355. The highest BCUT2D eigenvalue weighted by Gasteiger charge is 2.41. The molecule has 2 N–H and O–H groups in total. The maximum absolute atomic E-state index is 6.45. The number of aromatic nitrogens is 2. The highest BCUT2D eigenvalue weighted by atomic mass is 16.5. The van der Waals surface area contributed by atoms with Gasteiger partial charge in [-0.1, -0.05) is 19.0 Å². The molecule has 0 spiro atoms. The molecule has 0 amide bonds. The van der Waals surface area contributed by atoms with Crippen LogP contribution in [0.4, 0.5) is 0 Å². The molecule has 1 heterocycles. The zero-order valence-corrected chi connectivity index (χ0v) is 10.7. The molecule has 2 aliphatic rings. The molecule has 2 aliphatic carbocycles. The van der Waals surface area contributed by atoms with E-state index in [0.29, 0.717) is 11.3 Å². The van der Waals surface area contributed by atoms with Crippen molar-refractivity contribution in [3.05, 3.63) is 11.7 Å². The zero-order valence-electron chi connectivity index (χ0n) is 10.7. The van der Waals surface area contributed by atoms with Gasteiger partial charge in [-0.15, -0.1) is 0 Å². The number of hydrogen-bond donors (Lipinski definition) is 1. The third kappa shape index (κ3) is 2.10. The van der Waals surface area contributed by atoms with Gasteiger partial charge in [0.1, 0.15) is 0 Å². The molecule has 1 aromatic heterocycles. The average Bonchev–Trinajstić information content (AvgIpc) is 3.01. The Bertz CT molecular complexity index is 410. The van der Waals surface area contributed by atoms with Crippen molar-refractivity contribution in [2.75, 3.05) is 0 Å². The molecular weight excluding hydrogens is 214 g/mol. The van der Waals surface area contributed by atoms with Crippen LogP contribution < -0.4 is 5.73 Å². The summed E-state index contributed by atoms with van der Waals surface area (Å²) < 4.78 is 5.32. The van der Waals surface area contributed by atoms with E-state index in [2.05, 4.69) is 24.0 Å². The molecule has 2 saturated carbocycles. The Balaban J connectivity index is 1.77. The highest BCUT2D eigenvalue weighted by Crippen LogP contribution is 2.44. The number of rotatable bonds is 2. The second-order valence-electron chi connectivity index (χ2n) is 6.55. The number of nitrogens with two attached hydrogens (primary N) is 1. The molecular formula is C13H21N3O. The van der Waals surface area contributed by atoms with Crippen molar-refractivity contribution in [1.29, 1.82) is 0 Å². The molecule has 2 fully saturated rings. The molecule has 3 rings (SSSR count). The largest absolute Gasteiger partial charge is 0.339 e. The topological polar surface area (TPSA) is 64.9 Å². The van der Waals surface area contributed by atoms with Crippen molar-refractivity contribution < 1.29 is 4.52 Å². The van der Waals surface area contributed by atoms with Gasteiger partial charge < -0.3 is 10.3 Å². The van der Waals surface area contributed by atoms with E-state index < -0.39 is 0 Å². The first-order valence-electron chi connectivity index (χ1n) is 6.62. The Labute approximate surface area is 102 Å². The normalized spacial score (nSPS) is 27.0. The van der Waals surface area contributed by atoms with Crippen LogP contribution in [0, 0.1) is 5.41 Å². The van der Waals surface area contributed by atoms with Gasteiger partial charge in [-0.05, 0) is 43.9 Å². The second kappa shape index (κ2) is 3.55. The summed E-state index contributed by atoms with van der Waals surface area (Å²) >= 11 is 0. The lowest BCUT2D eigenvalue weighted by Crippen LogP contribution is -2.43. The standard InChI is InChI=1S/C13H21N3O/c1-12(2)5-7-13(14,8-6-12)11-15-10(17-16-11)9-3-4-9/h9H,3-8,14H2,1-2H3. The molecule has 0 aliphatic heterocycles. The van der Waals surface area contributed by atoms with E-state index in [4.69, 9.17) is 10.3 Å². The van der Waals surface area contributed by atoms with Gasteiger partial charge in [0.25, 0.3) is 0 Å². The fraction of sp³-hybridized carbons (Fsp3) is 0.846. The van der Waals surface area contributed by atoms with Crippen LogP contribution in [0.25, 0.3) is 0 Å². The number of nitrogens with zero attached hydrogens (tertiary/aromatic N) is 2. The Morgan fingerprint density at radius 3 is 2.41 bits per heavy atom. The Morgan fingerprint density at radius 2 is 1.82 bits per heavy atom. The quantitative estimate of drug-likeness (QED) is 0.856. The first kappa shape index (κ1) is 11.2. The Morgan fingerprint density at radius 1 is 1.18 bits per heavy atom. The van der Waals surface area contributed by atoms with Gasteiger partial charge >= 0.3 is 0 Å². The number of hydrogen-bond acceptors (Lipinski definition) is 4. The minimum Gasteiger partial charge on any atom is -0.339 e. The van der Waals surface area contributed by atoms with Crippen LogP contribution in [0.5, 0.6) is 0 Å². The molecule has 17 heavy (non-hydrogen) atoms. The van der Waals surface area contributed by atoms with Crippen molar-refractivity contribution >= 4 is 0 Å². The lowest BCUT2D eigenvalue weighted by Gasteiger charge is -2.39. The Kier molecular flexibility index (Phi) is 2.34.